The van der Waals surface area contributed by atoms with Crippen molar-refractivity contribution in [3.8, 4) is 0 Å². The molecule has 3 aromatic heterocycles. The van der Waals surface area contributed by atoms with E-state index in [0.717, 1.165) is 25.0 Å². The molecule has 76 valence electrons. The number of aromatic nitrogens is 3. The summed E-state index contributed by atoms with van der Waals surface area (Å²) in [6.07, 6.45) is 1.76. The summed E-state index contributed by atoms with van der Waals surface area (Å²) in [5, 5.41) is 0.461. The summed E-state index contributed by atoms with van der Waals surface area (Å²) in [4.78, 5) is 8.55. The molecule has 6 heteroatoms. The summed E-state index contributed by atoms with van der Waals surface area (Å²) in [6.45, 7) is 0. The average Bonchev–Trinajstić information content (AvgIpc) is 2.69. The van der Waals surface area contributed by atoms with Gasteiger partial charge in [0.1, 0.15) is 5.52 Å². The van der Waals surface area contributed by atoms with Crippen molar-refractivity contribution >= 4 is 60.1 Å². The van der Waals surface area contributed by atoms with E-state index in [-0.39, 0.29) is 0 Å². The van der Waals surface area contributed by atoms with Gasteiger partial charge in [0.25, 0.3) is 0 Å². The highest BCUT2D eigenvalue weighted by Crippen LogP contribution is 2.35. The zero-order chi connectivity index (χ0) is 10.6. The molecule has 15 heavy (non-hydrogen) atoms. The summed E-state index contributed by atoms with van der Waals surface area (Å²) in [5.41, 5.74) is 2.72. The number of pyridine rings is 1. The lowest BCUT2D eigenvalue weighted by Crippen LogP contribution is -1.85. The van der Waals surface area contributed by atoms with Crippen molar-refractivity contribution in [1.29, 1.82) is 0 Å². The Kier molecular flexibility index (Phi) is 2.02. The molecular weight excluding hydrogens is 298 g/mol. The van der Waals surface area contributed by atoms with Crippen LogP contribution in [0.5, 0.6) is 0 Å². The maximum Gasteiger partial charge on any atom is 0.157 e. The molecule has 0 fully saturated rings. The highest BCUT2D eigenvalue weighted by atomic mass is 79.9. The number of thiophene rings is 1. The zero-order valence-corrected chi connectivity index (χ0v) is 10.8. The molecule has 0 aliphatic carbocycles. The van der Waals surface area contributed by atoms with Crippen molar-refractivity contribution in [3.05, 3.63) is 21.3 Å². The van der Waals surface area contributed by atoms with Gasteiger partial charge in [-0.15, -0.1) is 11.3 Å². The van der Waals surface area contributed by atoms with Crippen molar-refractivity contribution in [3.63, 3.8) is 0 Å². The van der Waals surface area contributed by atoms with Gasteiger partial charge in [0.2, 0.25) is 0 Å². The molecule has 0 unspecified atom stereocenters. The average molecular weight is 303 g/mol. The van der Waals surface area contributed by atoms with E-state index < -0.39 is 0 Å². The number of rotatable bonds is 0. The number of hydrogen-bond acceptors (Lipinski definition) is 3. The Bertz CT molecular complexity index is 673. The fourth-order valence-corrected chi connectivity index (χ4v) is 3.46. The molecule has 3 rings (SSSR count). The highest BCUT2D eigenvalue weighted by Gasteiger charge is 2.13. The molecule has 3 aromatic rings. The van der Waals surface area contributed by atoms with E-state index in [2.05, 4.69) is 25.9 Å². The largest absolute Gasteiger partial charge is 0.332 e. The Balaban J connectivity index is 2.66. The summed E-state index contributed by atoms with van der Waals surface area (Å²) < 4.78 is 4.13. The Morgan fingerprint density at radius 2 is 2.33 bits per heavy atom. The second-order valence-corrected chi connectivity index (χ2v) is 6.01. The summed E-state index contributed by atoms with van der Waals surface area (Å²) in [6, 6.07) is 1.97. The van der Waals surface area contributed by atoms with Crippen molar-refractivity contribution in [2.45, 2.75) is 0 Å². The third-order valence-electron chi connectivity index (χ3n) is 2.25. The van der Waals surface area contributed by atoms with E-state index in [1.165, 1.54) is 0 Å². The minimum atomic E-state index is 0.461. The second kappa shape index (κ2) is 3.17. The molecule has 0 amide bonds. The molecular formula is C9H5BrClN3S. The lowest BCUT2D eigenvalue weighted by atomic mass is 10.3. The van der Waals surface area contributed by atoms with Crippen LogP contribution in [0.1, 0.15) is 0 Å². The van der Waals surface area contributed by atoms with E-state index in [1.807, 2.05) is 17.7 Å². The van der Waals surface area contributed by atoms with Crippen LogP contribution in [-0.2, 0) is 7.05 Å². The van der Waals surface area contributed by atoms with Crippen LogP contribution < -0.4 is 0 Å². The monoisotopic (exact) mass is 301 g/mol. The van der Waals surface area contributed by atoms with Crippen LogP contribution in [0.3, 0.4) is 0 Å². The normalized spacial score (nSPS) is 11.7. The highest BCUT2D eigenvalue weighted by molar-refractivity contribution is 9.11. The molecule has 0 saturated carbocycles. The van der Waals surface area contributed by atoms with E-state index in [9.17, 15) is 0 Å². The van der Waals surface area contributed by atoms with Crippen LogP contribution >= 0.6 is 38.9 Å². The maximum atomic E-state index is 6.06. The molecule has 3 nitrogen and oxygen atoms in total. The van der Waals surface area contributed by atoms with Gasteiger partial charge in [-0.3, -0.25) is 0 Å². The van der Waals surface area contributed by atoms with Gasteiger partial charge in [0, 0.05) is 7.05 Å². The first kappa shape index (κ1) is 9.57. The van der Waals surface area contributed by atoms with E-state index in [1.54, 1.807) is 17.7 Å². The van der Waals surface area contributed by atoms with Crippen molar-refractivity contribution in [2.75, 3.05) is 0 Å². The molecule has 0 atom stereocenters. The predicted molar refractivity (Wildman–Crippen MR) is 66.6 cm³/mol. The van der Waals surface area contributed by atoms with Gasteiger partial charge in [-0.1, -0.05) is 11.6 Å². The zero-order valence-electron chi connectivity index (χ0n) is 7.66. The third kappa shape index (κ3) is 1.30. The van der Waals surface area contributed by atoms with E-state index in [0.29, 0.717) is 5.15 Å². The number of imidazole rings is 1. The third-order valence-corrected chi connectivity index (χ3v) is 4.15. The fraction of sp³-hybridized carbons (Fsp3) is 0.111. The van der Waals surface area contributed by atoms with Crippen LogP contribution in [-0.4, -0.2) is 14.5 Å². The first-order chi connectivity index (χ1) is 7.16. The topological polar surface area (TPSA) is 30.7 Å². The lowest BCUT2D eigenvalue weighted by Gasteiger charge is -1.97. The van der Waals surface area contributed by atoms with Gasteiger partial charge in [-0.25, -0.2) is 9.97 Å². The molecule has 0 N–H and O–H groups in total. The number of nitrogens with zero attached hydrogens (tertiary/aromatic N) is 3. The van der Waals surface area contributed by atoms with Crippen LogP contribution in [0.4, 0.5) is 0 Å². The van der Waals surface area contributed by atoms with Gasteiger partial charge in [-0.2, -0.15) is 0 Å². The van der Waals surface area contributed by atoms with Crippen molar-refractivity contribution < 1.29 is 0 Å². The van der Waals surface area contributed by atoms with Crippen molar-refractivity contribution in [2.24, 2.45) is 7.05 Å². The summed E-state index contributed by atoms with van der Waals surface area (Å²) in [7, 11) is 1.96. The van der Waals surface area contributed by atoms with E-state index in [4.69, 9.17) is 11.6 Å². The Hall–Kier alpha value is -0.650. The number of hydrogen-bond donors (Lipinski definition) is 0. The molecule has 0 aliphatic heterocycles. The van der Waals surface area contributed by atoms with Crippen LogP contribution in [0.2, 0.25) is 5.15 Å². The first-order valence-electron chi connectivity index (χ1n) is 4.22. The smallest absolute Gasteiger partial charge is 0.157 e. The van der Waals surface area contributed by atoms with Crippen LogP contribution in [0.25, 0.3) is 21.3 Å². The lowest BCUT2D eigenvalue weighted by molar-refractivity contribution is 0.951. The van der Waals surface area contributed by atoms with Gasteiger partial charge in [0.05, 0.1) is 25.8 Å². The number of aryl methyl sites for hydroxylation is 1. The second-order valence-electron chi connectivity index (χ2n) is 3.22. The quantitative estimate of drug-likeness (QED) is 0.594. The van der Waals surface area contributed by atoms with Crippen LogP contribution in [0, 0.1) is 0 Å². The summed E-state index contributed by atoms with van der Waals surface area (Å²) in [5.74, 6) is 0. The Morgan fingerprint density at radius 3 is 3.13 bits per heavy atom. The van der Waals surface area contributed by atoms with Gasteiger partial charge < -0.3 is 4.57 Å². The first-order valence-corrected chi connectivity index (χ1v) is 6.21. The summed E-state index contributed by atoms with van der Waals surface area (Å²) >= 11 is 11.2. The predicted octanol–water partition coefficient (Wildman–Crippen LogP) is 3.60. The Labute approximate surface area is 103 Å². The Morgan fingerprint density at radius 1 is 1.53 bits per heavy atom. The fourth-order valence-electron chi connectivity index (χ4n) is 1.61. The van der Waals surface area contributed by atoms with Crippen molar-refractivity contribution in [1.82, 2.24) is 14.5 Å². The van der Waals surface area contributed by atoms with Gasteiger partial charge in [-0.05, 0) is 22.0 Å². The minimum absolute atomic E-state index is 0.461. The van der Waals surface area contributed by atoms with Gasteiger partial charge in [0.15, 0.2) is 5.15 Å². The van der Waals surface area contributed by atoms with Gasteiger partial charge >= 0.3 is 0 Å². The molecule has 0 aromatic carbocycles. The maximum absolute atomic E-state index is 6.06. The number of fused-ring (bicyclic) bond motifs is 3. The minimum Gasteiger partial charge on any atom is -0.332 e. The molecule has 0 saturated heterocycles. The van der Waals surface area contributed by atoms with Crippen LogP contribution in [0.15, 0.2) is 16.2 Å². The standard InChI is InChI=1S/C9H5BrClN3S/c1-14-3-12-6-7(14)8-4(13-9(6)11)2-5(10)15-8/h2-3H,1H3. The van der Waals surface area contributed by atoms with E-state index >= 15 is 0 Å². The molecule has 0 bridgehead atoms. The molecule has 3 heterocycles. The molecule has 0 radical (unpaired) electrons. The SMILES string of the molecule is Cn1cnc2c(Cl)nc3cc(Br)sc3c21. The molecule has 0 spiro atoms. The number of halogens is 2. The molecule has 0 aliphatic rings.